The summed E-state index contributed by atoms with van der Waals surface area (Å²) in [6.07, 6.45) is 2.28. The normalized spacial score (nSPS) is 13.3. The smallest absolute Gasteiger partial charge is 0.589 e. The van der Waals surface area contributed by atoms with Crippen molar-refractivity contribution < 1.29 is 30.7 Å². The molecule has 0 radical (unpaired) electrons. The standard InChI is InChI=1S/C4H3NO2.C4H9.W/c6-3-1-2-4(7)5-3;1-4(2)3;/h1-2H,(H,5,6,7);1-3H3;/q;-1;+2/p-1. The molecule has 2 amide bonds. The Labute approximate surface area is 86.9 Å². The molecule has 12 heavy (non-hydrogen) atoms. The number of imide groups is 1. The molecule has 0 N–H and O–H groups in total. The molecule has 66 valence electrons. The summed E-state index contributed by atoms with van der Waals surface area (Å²) in [5.74, 6) is 0.509. The van der Waals surface area contributed by atoms with Crippen LogP contribution in [0.15, 0.2) is 12.2 Å². The molecule has 0 fully saturated rings. The van der Waals surface area contributed by atoms with Crippen molar-refractivity contribution in [1.82, 2.24) is 0 Å². The number of rotatable bonds is 0. The van der Waals surface area contributed by atoms with Crippen LogP contribution in [-0.4, -0.2) is 11.8 Å². The van der Waals surface area contributed by atoms with Gasteiger partial charge in [0, 0.05) is 0 Å². The van der Waals surface area contributed by atoms with Crippen molar-refractivity contribution in [3.8, 4) is 0 Å². The topological polar surface area (TPSA) is 48.2 Å². The van der Waals surface area contributed by atoms with Gasteiger partial charge in [0.15, 0.2) is 0 Å². The van der Waals surface area contributed by atoms with Crippen LogP contribution < -0.4 is 0 Å². The third-order valence-corrected chi connectivity index (χ3v) is 0.589. The van der Waals surface area contributed by atoms with E-state index in [2.05, 4.69) is 26.1 Å². The van der Waals surface area contributed by atoms with E-state index in [9.17, 15) is 9.59 Å². The Bertz CT molecular complexity index is 169. The maximum absolute atomic E-state index is 9.98. The molecule has 0 aliphatic carbocycles. The largest absolute Gasteiger partial charge is 2.00 e. The summed E-state index contributed by atoms with van der Waals surface area (Å²) in [5.41, 5.74) is 0. The van der Waals surface area contributed by atoms with Crippen LogP contribution in [0.2, 0.25) is 0 Å². The van der Waals surface area contributed by atoms with Crippen LogP contribution in [0.25, 0.3) is 5.32 Å². The summed E-state index contributed by atoms with van der Waals surface area (Å²) >= 11 is 0. The monoisotopic (exact) mass is 337 g/mol. The zero-order chi connectivity index (χ0) is 8.85. The molecular weight excluding hydrogens is 326 g/mol. The third kappa shape index (κ3) is 9.57. The molecule has 0 spiro atoms. The number of carbonyl (C=O) groups is 2. The fourth-order valence-electron chi connectivity index (χ4n) is 0.326. The zero-order valence-electron chi connectivity index (χ0n) is 7.33. The molecule has 0 unspecified atom stereocenters. The summed E-state index contributed by atoms with van der Waals surface area (Å²) in [7, 11) is 0. The van der Waals surface area contributed by atoms with Crippen LogP contribution in [0.3, 0.4) is 0 Å². The average molecular weight is 337 g/mol. The number of carbonyl (C=O) groups excluding carboxylic acids is 2. The molecule has 3 nitrogen and oxygen atoms in total. The van der Waals surface area contributed by atoms with Crippen molar-refractivity contribution >= 4 is 11.8 Å². The van der Waals surface area contributed by atoms with Crippen LogP contribution in [-0.2, 0) is 30.7 Å². The average Bonchev–Trinajstić information content (AvgIpc) is 2.13. The van der Waals surface area contributed by atoms with Crippen molar-refractivity contribution in [2.75, 3.05) is 0 Å². The van der Waals surface area contributed by atoms with Crippen LogP contribution in [0.5, 0.6) is 0 Å². The van der Waals surface area contributed by atoms with Crippen LogP contribution in [0.1, 0.15) is 20.8 Å². The minimum absolute atomic E-state index is 0. The molecule has 4 heteroatoms. The Morgan fingerprint density at radius 3 is 1.42 bits per heavy atom. The van der Waals surface area contributed by atoms with Gasteiger partial charge >= 0.3 is 21.1 Å². The van der Waals surface area contributed by atoms with Crippen molar-refractivity contribution in [2.24, 2.45) is 0 Å². The Morgan fingerprint density at radius 2 is 1.33 bits per heavy atom. The molecular formula is C8H11NO2W. The van der Waals surface area contributed by atoms with Gasteiger partial charge in [-0.15, -0.1) is 0 Å². The second kappa shape index (κ2) is 7.23. The van der Waals surface area contributed by atoms with Gasteiger partial charge in [-0.1, -0.05) is 0 Å². The number of amides is 2. The molecule has 0 aromatic heterocycles. The van der Waals surface area contributed by atoms with E-state index in [1.807, 2.05) is 0 Å². The van der Waals surface area contributed by atoms with Gasteiger partial charge in [-0.3, -0.25) is 0 Å². The molecule has 0 bridgehead atoms. The van der Waals surface area contributed by atoms with Gasteiger partial charge in [0.1, 0.15) is 0 Å². The van der Waals surface area contributed by atoms with E-state index in [4.69, 9.17) is 0 Å². The van der Waals surface area contributed by atoms with Gasteiger partial charge in [0.05, 0.1) is 11.8 Å². The van der Waals surface area contributed by atoms with Gasteiger partial charge in [0.25, 0.3) is 0 Å². The van der Waals surface area contributed by atoms with Gasteiger partial charge in [-0.2, -0.15) is 20.8 Å². The Morgan fingerprint density at radius 1 is 1.08 bits per heavy atom. The number of hydrogen-bond donors (Lipinski definition) is 0. The van der Waals surface area contributed by atoms with E-state index >= 15 is 0 Å². The predicted octanol–water partition coefficient (Wildman–Crippen LogP) is 1.60. The van der Waals surface area contributed by atoms with Crippen LogP contribution in [0, 0.1) is 5.92 Å². The van der Waals surface area contributed by atoms with Gasteiger partial charge in [-0.05, 0) is 12.2 Å². The van der Waals surface area contributed by atoms with Crippen molar-refractivity contribution in [3.05, 3.63) is 23.4 Å². The second-order valence-corrected chi connectivity index (χ2v) is 2.62. The van der Waals surface area contributed by atoms with Crippen molar-refractivity contribution in [3.63, 3.8) is 0 Å². The summed E-state index contributed by atoms with van der Waals surface area (Å²) in [6.45, 7) is 6.25. The van der Waals surface area contributed by atoms with E-state index in [1.165, 1.54) is 5.92 Å². The fourth-order valence-corrected chi connectivity index (χ4v) is 0.326. The molecule has 1 aliphatic heterocycles. The van der Waals surface area contributed by atoms with E-state index < -0.39 is 11.8 Å². The van der Waals surface area contributed by atoms with Gasteiger partial charge < -0.3 is 20.8 Å². The summed E-state index contributed by atoms with van der Waals surface area (Å²) < 4.78 is 0. The summed E-state index contributed by atoms with van der Waals surface area (Å²) in [5, 5.41) is 3.00. The molecule has 0 atom stereocenters. The first-order chi connectivity index (χ1) is 5.02. The zero-order valence-corrected chi connectivity index (χ0v) is 10.3. The number of hydrogen-bond acceptors (Lipinski definition) is 2. The maximum atomic E-state index is 9.98. The molecule has 0 aromatic carbocycles. The van der Waals surface area contributed by atoms with E-state index in [-0.39, 0.29) is 21.1 Å². The van der Waals surface area contributed by atoms with Crippen LogP contribution >= 0.6 is 0 Å². The minimum Gasteiger partial charge on any atom is -0.589 e. The van der Waals surface area contributed by atoms with Gasteiger partial charge in [0.2, 0.25) is 0 Å². The quantitative estimate of drug-likeness (QED) is 0.498. The first kappa shape index (κ1) is 14.1. The minimum atomic E-state index is -0.454. The molecule has 1 heterocycles. The van der Waals surface area contributed by atoms with Crippen LogP contribution in [0.4, 0.5) is 0 Å². The van der Waals surface area contributed by atoms with E-state index in [1.54, 1.807) is 0 Å². The first-order valence-electron chi connectivity index (χ1n) is 3.27. The predicted molar refractivity (Wildman–Crippen MR) is 42.8 cm³/mol. The molecule has 1 rings (SSSR count). The van der Waals surface area contributed by atoms with Crippen molar-refractivity contribution in [1.29, 1.82) is 0 Å². The molecule has 0 aromatic rings. The first-order valence-corrected chi connectivity index (χ1v) is 3.27. The second-order valence-electron chi connectivity index (χ2n) is 2.62. The fraction of sp³-hybridized carbons (Fsp3) is 0.375. The number of nitrogens with zero attached hydrogens (tertiary/aromatic N) is 1. The van der Waals surface area contributed by atoms with E-state index in [0.29, 0.717) is 0 Å². The van der Waals surface area contributed by atoms with Crippen molar-refractivity contribution in [2.45, 2.75) is 20.8 Å². The Kier molecular flexibility index (Phi) is 8.50. The van der Waals surface area contributed by atoms with Gasteiger partial charge in [-0.25, -0.2) is 0 Å². The maximum Gasteiger partial charge on any atom is 2.00 e. The summed E-state index contributed by atoms with van der Waals surface area (Å²) in [6, 6.07) is 0. The van der Waals surface area contributed by atoms with E-state index in [0.717, 1.165) is 12.2 Å². The molecule has 1 aliphatic rings. The SMILES string of the molecule is C[C-](C)C.O=C1C=CC(=O)[N-]1.[W+2]. The Hall–Kier alpha value is -0.432. The third-order valence-electron chi connectivity index (χ3n) is 0.589. The molecule has 0 saturated carbocycles. The Balaban J connectivity index is 0. The molecule has 0 saturated heterocycles. The summed E-state index contributed by atoms with van der Waals surface area (Å²) in [4.78, 5) is 20.0.